The third kappa shape index (κ3) is 7.21. The summed E-state index contributed by atoms with van der Waals surface area (Å²) < 4.78 is 12.7. The summed E-state index contributed by atoms with van der Waals surface area (Å²) >= 11 is 2.20. The number of anilines is 1. The number of Topliss-reactive ketones (excluding diaryl/α,β-unsaturated/α-hetero) is 2. The smallest absolute Gasteiger partial charge is 0.262 e. The van der Waals surface area contributed by atoms with Gasteiger partial charge >= 0.3 is 0 Å². The number of methoxy groups -OCH3 is 1. The summed E-state index contributed by atoms with van der Waals surface area (Å²) in [5, 5.41) is 2.94. The molecule has 256 valence electrons. The zero-order valence-electron chi connectivity index (χ0n) is 29.5. The minimum Gasteiger partial charge on any atom is -0.493 e. The molecule has 0 fully saturated rings. The van der Waals surface area contributed by atoms with E-state index in [-0.39, 0.29) is 34.9 Å². The molecule has 8 heteroatoms. The van der Waals surface area contributed by atoms with Crippen molar-refractivity contribution in [3.8, 4) is 11.5 Å². The van der Waals surface area contributed by atoms with Crippen LogP contribution >= 0.6 is 22.6 Å². The Labute approximate surface area is 303 Å². The highest BCUT2D eigenvalue weighted by atomic mass is 127. The molecule has 7 nitrogen and oxygen atoms in total. The standard InChI is InChI=1S/C41H45IN2O5/c1-24-13-14-29(25(2)15-24)43-35(47)23-49-39-28(42)16-27(17-34(39)48-7)36-37-30(18-40(3,4)20-32(37)45)44(22-26-11-9-8-10-12-26)31-19-41(5,6)21-33(46)38(31)36/h8-17,36H,18-23H2,1-7H3,(H,43,47). The predicted octanol–water partition coefficient (Wildman–Crippen LogP) is 8.82. The van der Waals surface area contributed by atoms with Crippen molar-refractivity contribution in [1.82, 2.24) is 4.90 Å². The highest BCUT2D eigenvalue weighted by molar-refractivity contribution is 14.1. The van der Waals surface area contributed by atoms with E-state index in [1.165, 1.54) is 0 Å². The van der Waals surface area contributed by atoms with Crippen LogP contribution in [0.3, 0.4) is 0 Å². The molecule has 49 heavy (non-hydrogen) atoms. The summed E-state index contributed by atoms with van der Waals surface area (Å²) in [4.78, 5) is 43.8. The average Bonchev–Trinajstić information content (AvgIpc) is 3.01. The second kappa shape index (κ2) is 13.4. The second-order valence-electron chi connectivity index (χ2n) is 15.3. The molecule has 0 atom stereocenters. The topological polar surface area (TPSA) is 84.9 Å². The number of carbonyl (C=O) groups is 3. The second-order valence-corrected chi connectivity index (χ2v) is 16.5. The summed E-state index contributed by atoms with van der Waals surface area (Å²) in [5.41, 5.74) is 7.78. The lowest BCUT2D eigenvalue weighted by atomic mass is 9.63. The number of carbonyl (C=O) groups excluding carboxylic acids is 3. The van der Waals surface area contributed by atoms with E-state index >= 15 is 0 Å². The number of amides is 1. The molecular weight excluding hydrogens is 727 g/mol. The van der Waals surface area contributed by atoms with Crippen LogP contribution < -0.4 is 14.8 Å². The Kier molecular flexibility index (Phi) is 9.56. The van der Waals surface area contributed by atoms with Crippen LogP contribution in [0.25, 0.3) is 0 Å². The van der Waals surface area contributed by atoms with Crippen LogP contribution in [0.15, 0.2) is 83.2 Å². The molecule has 0 aromatic heterocycles. The highest BCUT2D eigenvalue weighted by Gasteiger charge is 2.49. The zero-order chi connectivity index (χ0) is 35.2. The first kappa shape index (κ1) is 34.9. The van der Waals surface area contributed by atoms with Crippen molar-refractivity contribution in [2.24, 2.45) is 10.8 Å². The van der Waals surface area contributed by atoms with Gasteiger partial charge in [0.15, 0.2) is 29.7 Å². The van der Waals surface area contributed by atoms with Gasteiger partial charge in [-0.05, 0) is 95.0 Å². The Morgan fingerprint density at radius 2 is 1.49 bits per heavy atom. The molecule has 0 unspecified atom stereocenters. The Hall–Kier alpha value is -3.92. The number of hydrogen-bond donors (Lipinski definition) is 1. The van der Waals surface area contributed by atoms with Gasteiger partial charge in [-0.3, -0.25) is 14.4 Å². The van der Waals surface area contributed by atoms with E-state index in [4.69, 9.17) is 9.47 Å². The Bertz CT molecular complexity index is 1850. The first-order chi connectivity index (χ1) is 23.2. The van der Waals surface area contributed by atoms with Crippen LogP contribution in [-0.2, 0) is 20.9 Å². The summed E-state index contributed by atoms with van der Waals surface area (Å²) in [6.07, 6.45) is 2.28. The largest absolute Gasteiger partial charge is 0.493 e. The van der Waals surface area contributed by atoms with Crippen molar-refractivity contribution in [1.29, 1.82) is 0 Å². The minimum atomic E-state index is -0.520. The normalized spacial score (nSPS) is 18.7. The van der Waals surface area contributed by atoms with Gasteiger partial charge in [0, 0.05) is 53.5 Å². The fraction of sp³-hybridized carbons (Fsp3) is 0.390. The lowest BCUT2D eigenvalue weighted by Gasteiger charge is -2.49. The molecule has 1 amide bonds. The van der Waals surface area contributed by atoms with Crippen molar-refractivity contribution in [3.05, 3.63) is 109 Å². The molecule has 2 aliphatic carbocycles. The van der Waals surface area contributed by atoms with Gasteiger partial charge in [0.1, 0.15) is 0 Å². The quantitative estimate of drug-likeness (QED) is 0.231. The van der Waals surface area contributed by atoms with Gasteiger partial charge in [-0.2, -0.15) is 0 Å². The van der Waals surface area contributed by atoms with Crippen LogP contribution in [0.1, 0.15) is 81.5 Å². The lowest BCUT2D eigenvalue weighted by molar-refractivity contribution is -0.120. The number of nitrogens with one attached hydrogen (secondary N) is 1. The molecular formula is C41H45IN2O5. The van der Waals surface area contributed by atoms with Crippen molar-refractivity contribution >= 4 is 45.8 Å². The molecule has 0 radical (unpaired) electrons. The first-order valence-corrected chi connectivity index (χ1v) is 18.0. The number of ketones is 2. The maximum Gasteiger partial charge on any atom is 0.262 e. The van der Waals surface area contributed by atoms with Gasteiger partial charge < -0.3 is 19.7 Å². The number of nitrogens with zero attached hydrogens (tertiary/aromatic N) is 1. The molecule has 1 heterocycles. The van der Waals surface area contributed by atoms with E-state index in [9.17, 15) is 14.4 Å². The molecule has 6 rings (SSSR count). The SMILES string of the molecule is COc1cc(C2C3=C(CC(C)(C)CC3=O)N(Cc3ccccc3)C3=C2C(=O)CC(C)(C)C3)cc(I)c1OCC(=O)Nc1ccc(C)cc1C. The van der Waals surface area contributed by atoms with E-state index in [0.29, 0.717) is 42.0 Å². The van der Waals surface area contributed by atoms with Gasteiger partial charge in [-0.25, -0.2) is 0 Å². The Morgan fingerprint density at radius 3 is 2.06 bits per heavy atom. The number of allylic oxidation sites excluding steroid dienone is 4. The third-order valence-electron chi connectivity index (χ3n) is 9.79. The zero-order valence-corrected chi connectivity index (χ0v) is 31.6. The number of benzene rings is 3. The van der Waals surface area contributed by atoms with E-state index in [1.54, 1.807) is 7.11 Å². The maximum atomic E-state index is 14.3. The van der Waals surface area contributed by atoms with Crippen LogP contribution in [0.5, 0.6) is 11.5 Å². The molecule has 0 saturated heterocycles. The first-order valence-electron chi connectivity index (χ1n) is 16.9. The molecule has 3 aromatic carbocycles. The van der Waals surface area contributed by atoms with Crippen LogP contribution in [0, 0.1) is 28.2 Å². The fourth-order valence-corrected chi connectivity index (χ4v) is 8.44. The van der Waals surface area contributed by atoms with Gasteiger partial charge in [0.05, 0.1) is 10.7 Å². The van der Waals surface area contributed by atoms with E-state index < -0.39 is 5.92 Å². The molecule has 0 saturated carbocycles. The maximum absolute atomic E-state index is 14.3. The summed E-state index contributed by atoms with van der Waals surface area (Å²) in [5.74, 6) is 0.250. The van der Waals surface area contributed by atoms with Gasteiger partial charge in [-0.15, -0.1) is 0 Å². The summed E-state index contributed by atoms with van der Waals surface area (Å²) in [6.45, 7) is 13.0. The lowest BCUT2D eigenvalue weighted by Crippen LogP contribution is -2.44. The molecule has 1 N–H and O–H groups in total. The van der Waals surface area contributed by atoms with Crippen molar-refractivity contribution in [2.45, 2.75) is 79.7 Å². The van der Waals surface area contributed by atoms with Gasteiger partial charge in [0.2, 0.25) is 0 Å². The van der Waals surface area contributed by atoms with Crippen molar-refractivity contribution < 1.29 is 23.9 Å². The molecule has 3 aromatic rings. The number of ether oxygens (including phenoxy) is 2. The summed E-state index contributed by atoms with van der Waals surface area (Å²) in [7, 11) is 1.57. The number of hydrogen-bond acceptors (Lipinski definition) is 6. The summed E-state index contributed by atoms with van der Waals surface area (Å²) in [6, 6.07) is 20.0. The van der Waals surface area contributed by atoms with E-state index in [2.05, 4.69) is 72.6 Å². The number of aryl methyl sites for hydroxylation is 2. The Morgan fingerprint density at radius 1 is 0.878 bits per heavy atom. The van der Waals surface area contributed by atoms with E-state index in [1.807, 2.05) is 62.4 Å². The number of rotatable bonds is 8. The van der Waals surface area contributed by atoms with Crippen LogP contribution in [-0.4, -0.2) is 36.1 Å². The molecule has 3 aliphatic rings. The van der Waals surface area contributed by atoms with Crippen molar-refractivity contribution in [2.75, 3.05) is 19.0 Å². The third-order valence-corrected chi connectivity index (χ3v) is 10.6. The monoisotopic (exact) mass is 772 g/mol. The number of halogens is 1. The van der Waals surface area contributed by atoms with Crippen molar-refractivity contribution in [3.63, 3.8) is 0 Å². The molecule has 0 bridgehead atoms. The fourth-order valence-electron chi connectivity index (χ4n) is 7.66. The minimum absolute atomic E-state index is 0.0795. The van der Waals surface area contributed by atoms with Crippen LogP contribution in [0.2, 0.25) is 0 Å². The van der Waals surface area contributed by atoms with Crippen LogP contribution in [0.4, 0.5) is 5.69 Å². The molecule has 0 spiro atoms. The average molecular weight is 773 g/mol. The highest BCUT2D eigenvalue weighted by Crippen LogP contribution is 2.55. The van der Waals surface area contributed by atoms with Gasteiger partial charge in [0.25, 0.3) is 5.91 Å². The Balaban J connectivity index is 1.42. The molecule has 1 aliphatic heterocycles. The predicted molar refractivity (Wildman–Crippen MR) is 201 cm³/mol. The van der Waals surface area contributed by atoms with Gasteiger partial charge in [-0.1, -0.05) is 75.7 Å². The van der Waals surface area contributed by atoms with E-state index in [0.717, 1.165) is 55.7 Å².